The van der Waals surface area contributed by atoms with Crippen molar-refractivity contribution in [3.05, 3.63) is 18.0 Å². The minimum absolute atomic E-state index is 0. The molecule has 1 amide bonds. The van der Waals surface area contributed by atoms with Gasteiger partial charge in [0.15, 0.2) is 5.96 Å². The number of hydrogen-bond acceptors (Lipinski definition) is 4. The summed E-state index contributed by atoms with van der Waals surface area (Å²) in [5.41, 5.74) is 0.563. The molecule has 0 atom stereocenters. The van der Waals surface area contributed by atoms with Gasteiger partial charge in [0.1, 0.15) is 5.60 Å². The monoisotopic (exact) mass is 492 g/mol. The normalized spacial score (nSPS) is 14.3. The number of guanidine groups is 1. The lowest BCUT2D eigenvalue weighted by Crippen LogP contribution is -2.45. The topological polar surface area (TPSA) is 83.8 Å². The summed E-state index contributed by atoms with van der Waals surface area (Å²) < 4.78 is 7.33. The van der Waals surface area contributed by atoms with Crippen LogP contribution in [-0.2, 0) is 18.3 Å². The zero-order valence-corrected chi connectivity index (χ0v) is 19.3. The van der Waals surface area contributed by atoms with Crippen LogP contribution in [0, 0.1) is 0 Å². The Balaban J connectivity index is 0.00000364. The molecule has 1 saturated carbocycles. The maximum Gasteiger partial charge on any atom is 0.410 e. The van der Waals surface area contributed by atoms with E-state index in [1.165, 1.54) is 0 Å². The predicted molar refractivity (Wildman–Crippen MR) is 117 cm³/mol. The van der Waals surface area contributed by atoms with Crippen LogP contribution in [0.4, 0.5) is 4.79 Å². The molecule has 0 saturated heterocycles. The first-order valence-corrected chi connectivity index (χ1v) is 9.29. The summed E-state index contributed by atoms with van der Waals surface area (Å²) in [6.07, 6.45) is 3.63. The van der Waals surface area contributed by atoms with Crippen LogP contribution in [0.15, 0.2) is 17.3 Å². The molecular weight excluding hydrogens is 459 g/mol. The first-order chi connectivity index (χ1) is 12.3. The Morgan fingerprint density at radius 3 is 2.63 bits per heavy atom. The largest absolute Gasteiger partial charge is 0.444 e. The number of nitrogens with zero attached hydrogens (tertiary/aromatic N) is 4. The van der Waals surface area contributed by atoms with Crippen molar-refractivity contribution in [1.29, 1.82) is 0 Å². The van der Waals surface area contributed by atoms with Crippen LogP contribution in [-0.4, -0.2) is 58.0 Å². The minimum atomic E-state index is -0.475. The maximum absolute atomic E-state index is 12.4. The van der Waals surface area contributed by atoms with Crippen molar-refractivity contribution in [3.8, 4) is 0 Å². The number of carbonyl (C=O) groups is 1. The van der Waals surface area contributed by atoms with E-state index in [1.807, 2.05) is 50.4 Å². The van der Waals surface area contributed by atoms with Gasteiger partial charge in [0.05, 0.1) is 12.2 Å². The fourth-order valence-corrected chi connectivity index (χ4v) is 2.48. The molecule has 0 spiro atoms. The molecule has 1 aromatic rings. The van der Waals surface area contributed by atoms with Crippen molar-refractivity contribution in [1.82, 2.24) is 25.3 Å². The Hall–Kier alpha value is -1.52. The van der Waals surface area contributed by atoms with E-state index < -0.39 is 5.60 Å². The number of aromatic nitrogens is 2. The van der Waals surface area contributed by atoms with Gasteiger partial charge in [-0.05, 0) is 46.6 Å². The molecule has 1 aromatic heterocycles. The van der Waals surface area contributed by atoms with Gasteiger partial charge in [-0.3, -0.25) is 4.68 Å². The summed E-state index contributed by atoms with van der Waals surface area (Å²) in [6, 6.07) is 2.25. The molecule has 1 fully saturated rings. The molecule has 9 heteroatoms. The summed E-state index contributed by atoms with van der Waals surface area (Å²) in [5.74, 6) is 0.730. The van der Waals surface area contributed by atoms with Gasteiger partial charge >= 0.3 is 6.09 Å². The lowest BCUT2D eigenvalue weighted by atomic mass is 10.2. The number of halogens is 1. The second kappa shape index (κ2) is 10.7. The van der Waals surface area contributed by atoms with Gasteiger partial charge in [0.2, 0.25) is 0 Å². The highest BCUT2D eigenvalue weighted by molar-refractivity contribution is 14.0. The highest BCUT2D eigenvalue weighted by atomic mass is 127. The van der Waals surface area contributed by atoms with Crippen LogP contribution in [0.3, 0.4) is 0 Å². The van der Waals surface area contributed by atoms with Crippen LogP contribution in [0.1, 0.15) is 46.2 Å². The lowest BCUT2D eigenvalue weighted by molar-refractivity contribution is 0.0238. The summed E-state index contributed by atoms with van der Waals surface area (Å²) in [4.78, 5) is 18.8. The smallest absolute Gasteiger partial charge is 0.410 e. The number of aryl methyl sites for hydroxylation is 1. The number of aliphatic imine (C=N–C) groups is 1. The lowest BCUT2D eigenvalue weighted by Gasteiger charge is -2.27. The first kappa shape index (κ1) is 23.5. The Morgan fingerprint density at radius 2 is 2.11 bits per heavy atom. The van der Waals surface area contributed by atoms with Gasteiger partial charge in [0.25, 0.3) is 0 Å². The standard InChI is InChI=1S/C18H32N6O2.HI/c1-6-19-16(21-13-15-9-10-22-23(15)5)20-11-12-24(14-7-8-14)17(25)26-18(2,3)4;/h9-10,14H,6-8,11-13H2,1-5H3,(H2,19,20,21);1H. The Labute approximate surface area is 179 Å². The summed E-state index contributed by atoms with van der Waals surface area (Å²) in [5, 5.41) is 10.7. The SMILES string of the molecule is CCNC(=NCc1ccnn1C)NCCN(C(=O)OC(C)(C)C)C1CC1.I. The molecule has 0 radical (unpaired) electrons. The van der Waals surface area contributed by atoms with Crippen LogP contribution in [0.2, 0.25) is 0 Å². The molecular formula is C18H33IN6O2. The van der Waals surface area contributed by atoms with Crippen molar-refractivity contribution < 1.29 is 9.53 Å². The van der Waals surface area contributed by atoms with Gasteiger partial charge in [-0.15, -0.1) is 24.0 Å². The van der Waals surface area contributed by atoms with Crippen molar-refractivity contribution in [3.63, 3.8) is 0 Å². The van der Waals surface area contributed by atoms with Crippen molar-refractivity contribution >= 4 is 36.0 Å². The molecule has 0 unspecified atom stereocenters. The predicted octanol–water partition coefficient (Wildman–Crippen LogP) is 2.49. The van der Waals surface area contributed by atoms with Crippen molar-refractivity contribution in [2.24, 2.45) is 12.0 Å². The molecule has 2 rings (SSSR count). The zero-order chi connectivity index (χ0) is 19.2. The Kier molecular flexibility index (Phi) is 9.34. The molecule has 1 aliphatic rings. The average molecular weight is 492 g/mol. The number of ether oxygens (including phenoxy) is 1. The number of nitrogens with one attached hydrogen (secondary N) is 2. The molecule has 154 valence electrons. The maximum atomic E-state index is 12.4. The molecule has 1 heterocycles. The van der Waals surface area contributed by atoms with E-state index in [-0.39, 0.29) is 30.1 Å². The fraction of sp³-hybridized carbons (Fsp3) is 0.722. The summed E-state index contributed by atoms with van der Waals surface area (Å²) in [6.45, 7) is 10.2. The Bertz CT molecular complexity index is 622. The Morgan fingerprint density at radius 1 is 1.41 bits per heavy atom. The number of amides is 1. The number of rotatable bonds is 7. The molecule has 1 aliphatic carbocycles. The number of carbonyl (C=O) groups excluding carboxylic acids is 1. The van der Waals surface area contributed by atoms with Gasteiger partial charge in [0, 0.05) is 38.9 Å². The van der Waals surface area contributed by atoms with Gasteiger partial charge in [-0.25, -0.2) is 9.79 Å². The minimum Gasteiger partial charge on any atom is -0.444 e. The van der Waals surface area contributed by atoms with E-state index in [4.69, 9.17) is 4.74 Å². The third kappa shape index (κ3) is 8.35. The molecule has 8 nitrogen and oxygen atoms in total. The van der Waals surface area contributed by atoms with Crippen LogP contribution >= 0.6 is 24.0 Å². The molecule has 0 aromatic carbocycles. The molecule has 27 heavy (non-hydrogen) atoms. The fourth-order valence-electron chi connectivity index (χ4n) is 2.48. The van der Waals surface area contributed by atoms with Gasteiger partial charge in [-0.1, -0.05) is 0 Å². The van der Waals surface area contributed by atoms with Crippen LogP contribution in [0.5, 0.6) is 0 Å². The molecule has 0 aliphatic heterocycles. The van der Waals surface area contributed by atoms with Crippen LogP contribution in [0.25, 0.3) is 0 Å². The van der Waals surface area contributed by atoms with Gasteiger partial charge < -0.3 is 20.3 Å². The second-order valence-corrected chi connectivity index (χ2v) is 7.47. The van der Waals surface area contributed by atoms with E-state index in [2.05, 4.69) is 20.7 Å². The van der Waals surface area contributed by atoms with E-state index in [1.54, 1.807) is 6.20 Å². The van der Waals surface area contributed by atoms with E-state index in [9.17, 15) is 4.79 Å². The first-order valence-electron chi connectivity index (χ1n) is 9.29. The second-order valence-electron chi connectivity index (χ2n) is 7.47. The van der Waals surface area contributed by atoms with Gasteiger partial charge in [-0.2, -0.15) is 5.10 Å². The third-order valence-corrected chi connectivity index (χ3v) is 3.93. The van der Waals surface area contributed by atoms with Crippen molar-refractivity contribution in [2.75, 3.05) is 19.6 Å². The zero-order valence-electron chi connectivity index (χ0n) is 17.0. The molecule has 0 bridgehead atoms. The molecule has 2 N–H and O–H groups in total. The number of hydrogen-bond donors (Lipinski definition) is 2. The quantitative estimate of drug-likeness (QED) is 0.347. The average Bonchev–Trinajstić information content (AvgIpc) is 3.29. The highest BCUT2D eigenvalue weighted by Gasteiger charge is 2.34. The van der Waals surface area contributed by atoms with E-state index in [0.717, 1.165) is 31.0 Å². The third-order valence-electron chi connectivity index (χ3n) is 3.93. The van der Waals surface area contributed by atoms with Crippen molar-refractivity contribution in [2.45, 2.75) is 58.7 Å². The summed E-state index contributed by atoms with van der Waals surface area (Å²) in [7, 11) is 1.90. The van der Waals surface area contributed by atoms with Crippen LogP contribution < -0.4 is 10.6 Å². The highest BCUT2D eigenvalue weighted by Crippen LogP contribution is 2.27. The van der Waals surface area contributed by atoms with E-state index >= 15 is 0 Å². The van der Waals surface area contributed by atoms with E-state index in [0.29, 0.717) is 25.7 Å². The summed E-state index contributed by atoms with van der Waals surface area (Å²) >= 11 is 0.